The van der Waals surface area contributed by atoms with E-state index in [4.69, 9.17) is 17.0 Å². The molecule has 0 fully saturated rings. The standard InChI is InChI=1S/C12H15N3O2S/c1-3-17-10(16)6-7-15-11-9(14-12(15)18)5-4-8(2)13-11/h4-5H,3,6-7H2,1-2H3,(H,14,18). The number of fused-ring (bicyclic) bond motifs is 1. The Morgan fingerprint density at radius 3 is 3.06 bits per heavy atom. The number of rotatable bonds is 4. The summed E-state index contributed by atoms with van der Waals surface area (Å²) in [6.45, 7) is 4.59. The van der Waals surface area contributed by atoms with Crippen molar-refractivity contribution in [1.29, 1.82) is 0 Å². The Morgan fingerprint density at radius 1 is 1.56 bits per heavy atom. The molecule has 2 aromatic rings. The lowest BCUT2D eigenvalue weighted by Gasteiger charge is -2.04. The maximum atomic E-state index is 11.4. The van der Waals surface area contributed by atoms with Crippen LogP contribution in [0.2, 0.25) is 0 Å². The summed E-state index contributed by atoms with van der Waals surface area (Å²) >= 11 is 5.23. The van der Waals surface area contributed by atoms with Gasteiger partial charge in [-0.05, 0) is 38.2 Å². The minimum atomic E-state index is -0.221. The first-order valence-corrected chi connectivity index (χ1v) is 6.24. The zero-order valence-electron chi connectivity index (χ0n) is 10.4. The third kappa shape index (κ3) is 2.59. The minimum absolute atomic E-state index is 0.221. The molecule has 2 rings (SSSR count). The molecule has 0 aliphatic heterocycles. The summed E-state index contributed by atoms with van der Waals surface area (Å²) in [4.78, 5) is 18.9. The van der Waals surface area contributed by atoms with Crippen molar-refractivity contribution in [2.75, 3.05) is 6.61 Å². The lowest BCUT2D eigenvalue weighted by atomic mass is 10.3. The molecule has 0 spiro atoms. The second-order valence-electron chi connectivity index (χ2n) is 3.96. The SMILES string of the molecule is CCOC(=O)CCn1c(=S)[nH]c2ccc(C)nc21. The van der Waals surface area contributed by atoms with Crippen molar-refractivity contribution in [1.82, 2.24) is 14.5 Å². The fourth-order valence-corrected chi connectivity index (χ4v) is 2.06. The molecule has 0 amide bonds. The number of esters is 1. The number of pyridine rings is 1. The maximum absolute atomic E-state index is 11.4. The summed E-state index contributed by atoms with van der Waals surface area (Å²) in [5, 5.41) is 0. The largest absolute Gasteiger partial charge is 0.466 e. The lowest BCUT2D eigenvalue weighted by Crippen LogP contribution is -2.09. The number of carbonyl (C=O) groups excluding carboxylic acids is 1. The van der Waals surface area contributed by atoms with E-state index < -0.39 is 0 Å². The van der Waals surface area contributed by atoms with Gasteiger partial charge in [0.15, 0.2) is 10.4 Å². The average molecular weight is 265 g/mol. The Morgan fingerprint density at radius 2 is 2.33 bits per heavy atom. The van der Waals surface area contributed by atoms with Crippen LogP contribution in [0.5, 0.6) is 0 Å². The van der Waals surface area contributed by atoms with Crippen LogP contribution in [0.25, 0.3) is 11.2 Å². The first-order chi connectivity index (χ1) is 8.61. The first-order valence-electron chi connectivity index (χ1n) is 5.83. The van der Waals surface area contributed by atoms with E-state index in [2.05, 4.69) is 9.97 Å². The highest BCUT2D eigenvalue weighted by molar-refractivity contribution is 7.71. The fraction of sp³-hybridized carbons (Fsp3) is 0.417. The van der Waals surface area contributed by atoms with Crippen molar-refractivity contribution < 1.29 is 9.53 Å². The molecule has 96 valence electrons. The number of ether oxygens (including phenoxy) is 1. The number of aromatic nitrogens is 3. The maximum Gasteiger partial charge on any atom is 0.307 e. The first kappa shape index (κ1) is 12.8. The molecule has 0 unspecified atom stereocenters. The number of H-pyrrole nitrogens is 1. The van der Waals surface area contributed by atoms with Gasteiger partial charge in [0, 0.05) is 12.2 Å². The second-order valence-corrected chi connectivity index (χ2v) is 4.35. The molecule has 2 aromatic heterocycles. The highest BCUT2D eigenvalue weighted by Gasteiger charge is 2.08. The number of carbonyl (C=O) groups is 1. The molecule has 0 atom stereocenters. The van der Waals surface area contributed by atoms with E-state index in [1.54, 1.807) is 6.92 Å². The van der Waals surface area contributed by atoms with Gasteiger partial charge in [-0.25, -0.2) is 4.98 Å². The Bertz CT molecular complexity index is 630. The predicted octanol–water partition coefficient (Wildman–Crippen LogP) is 2.36. The van der Waals surface area contributed by atoms with Gasteiger partial charge in [-0.3, -0.25) is 4.79 Å². The molecular weight excluding hydrogens is 250 g/mol. The van der Waals surface area contributed by atoms with E-state index in [-0.39, 0.29) is 5.97 Å². The average Bonchev–Trinajstić information content (AvgIpc) is 2.62. The van der Waals surface area contributed by atoms with Crippen LogP contribution in [-0.4, -0.2) is 27.1 Å². The number of nitrogens with one attached hydrogen (secondary N) is 1. The van der Waals surface area contributed by atoms with Gasteiger partial charge in [0.25, 0.3) is 0 Å². The van der Waals surface area contributed by atoms with E-state index in [9.17, 15) is 4.79 Å². The van der Waals surface area contributed by atoms with Gasteiger partial charge < -0.3 is 14.3 Å². The molecule has 0 aromatic carbocycles. The van der Waals surface area contributed by atoms with Crippen molar-refractivity contribution in [3.8, 4) is 0 Å². The molecule has 0 saturated carbocycles. The van der Waals surface area contributed by atoms with Crippen molar-refractivity contribution >= 4 is 29.4 Å². The third-order valence-corrected chi connectivity index (χ3v) is 2.92. The summed E-state index contributed by atoms with van der Waals surface area (Å²) in [5.41, 5.74) is 2.58. The van der Waals surface area contributed by atoms with E-state index in [1.807, 2.05) is 23.6 Å². The van der Waals surface area contributed by atoms with Crippen LogP contribution in [0.4, 0.5) is 0 Å². The van der Waals surface area contributed by atoms with Crippen LogP contribution in [0.1, 0.15) is 19.0 Å². The Hall–Kier alpha value is -1.69. The van der Waals surface area contributed by atoms with Gasteiger partial charge in [-0.15, -0.1) is 0 Å². The van der Waals surface area contributed by atoms with Gasteiger partial charge in [-0.2, -0.15) is 0 Å². The van der Waals surface area contributed by atoms with E-state index in [0.29, 0.717) is 24.3 Å². The van der Waals surface area contributed by atoms with Crippen LogP contribution in [-0.2, 0) is 16.1 Å². The van der Waals surface area contributed by atoms with Gasteiger partial charge in [-0.1, -0.05) is 0 Å². The van der Waals surface area contributed by atoms with E-state index in [1.165, 1.54) is 0 Å². The Labute approximate surface area is 110 Å². The molecule has 0 saturated heterocycles. The summed E-state index contributed by atoms with van der Waals surface area (Å²) in [6, 6.07) is 3.86. The van der Waals surface area contributed by atoms with Crippen LogP contribution in [0, 0.1) is 11.7 Å². The molecule has 0 aliphatic rings. The van der Waals surface area contributed by atoms with Gasteiger partial charge >= 0.3 is 5.97 Å². The molecule has 0 aliphatic carbocycles. The zero-order valence-corrected chi connectivity index (χ0v) is 11.2. The van der Waals surface area contributed by atoms with Crippen LogP contribution in [0.15, 0.2) is 12.1 Å². The predicted molar refractivity (Wildman–Crippen MR) is 70.9 cm³/mol. The van der Waals surface area contributed by atoms with E-state index in [0.717, 1.165) is 16.9 Å². The Kier molecular flexibility index (Phi) is 3.76. The van der Waals surface area contributed by atoms with Gasteiger partial charge in [0.1, 0.15) is 0 Å². The molecule has 2 heterocycles. The lowest BCUT2D eigenvalue weighted by molar-refractivity contribution is -0.143. The van der Waals surface area contributed by atoms with Crippen LogP contribution < -0.4 is 0 Å². The van der Waals surface area contributed by atoms with Crippen molar-refractivity contribution in [2.24, 2.45) is 0 Å². The number of aromatic amines is 1. The minimum Gasteiger partial charge on any atom is -0.466 e. The quantitative estimate of drug-likeness (QED) is 0.681. The Balaban J connectivity index is 2.27. The highest BCUT2D eigenvalue weighted by Crippen LogP contribution is 2.13. The molecule has 0 radical (unpaired) electrons. The number of hydrogen-bond acceptors (Lipinski definition) is 4. The monoisotopic (exact) mass is 265 g/mol. The smallest absolute Gasteiger partial charge is 0.307 e. The highest BCUT2D eigenvalue weighted by atomic mass is 32.1. The molecule has 18 heavy (non-hydrogen) atoms. The molecule has 5 nitrogen and oxygen atoms in total. The fourth-order valence-electron chi connectivity index (χ4n) is 1.77. The number of imidazole rings is 1. The molecule has 0 bridgehead atoms. The molecule has 6 heteroatoms. The molecular formula is C12H15N3O2S. The summed E-state index contributed by atoms with van der Waals surface area (Å²) in [7, 11) is 0. The third-order valence-electron chi connectivity index (χ3n) is 2.60. The van der Waals surface area contributed by atoms with E-state index >= 15 is 0 Å². The van der Waals surface area contributed by atoms with Crippen LogP contribution in [0.3, 0.4) is 0 Å². The molecule has 1 N–H and O–H groups in total. The number of nitrogens with zero attached hydrogens (tertiary/aromatic N) is 2. The summed E-state index contributed by atoms with van der Waals surface area (Å²) < 4.78 is 7.30. The van der Waals surface area contributed by atoms with Gasteiger partial charge in [0.05, 0.1) is 18.5 Å². The second kappa shape index (κ2) is 5.30. The zero-order chi connectivity index (χ0) is 13.1. The normalized spacial score (nSPS) is 10.8. The van der Waals surface area contributed by atoms with Crippen molar-refractivity contribution in [3.05, 3.63) is 22.6 Å². The summed E-state index contributed by atoms with van der Waals surface area (Å²) in [5.74, 6) is -0.221. The van der Waals surface area contributed by atoms with Crippen molar-refractivity contribution in [2.45, 2.75) is 26.8 Å². The van der Waals surface area contributed by atoms with Crippen LogP contribution >= 0.6 is 12.2 Å². The van der Waals surface area contributed by atoms with Gasteiger partial charge in [0.2, 0.25) is 0 Å². The van der Waals surface area contributed by atoms with Crippen molar-refractivity contribution in [3.63, 3.8) is 0 Å². The topological polar surface area (TPSA) is 59.9 Å². The number of hydrogen-bond donors (Lipinski definition) is 1. The summed E-state index contributed by atoms with van der Waals surface area (Å²) in [6.07, 6.45) is 0.296. The number of aryl methyl sites for hydroxylation is 2.